The zero-order valence-electron chi connectivity index (χ0n) is 15.1. The van der Waals surface area contributed by atoms with E-state index in [1.165, 1.54) is 17.1 Å². The number of nitrogens with zero attached hydrogens (tertiary/aromatic N) is 4. The standard InChI is InChI=1S/C17H21ClFN5O2/c1-16(2,3)26-15(25)21-17(7-5-8-17)13-12(22-24(4)23-13)10-6-9-20-14(18)11(10)19/h6,9H,5,7-8H2,1-4H3,(H,21,25). The van der Waals surface area contributed by atoms with E-state index in [1.807, 2.05) is 0 Å². The van der Waals surface area contributed by atoms with Crippen molar-refractivity contribution < 1.29 is 13.9 Å². The van der Waals surface area contributed by atoms with Gasteiger partial charge in [-0.3, -0.25) is 0 Å². The van der Waals surface area contributed by atoms with Crippen LogP contribution in [-0.2, 0) is 17.3 Å². The van der Waals surface area contributed by atoms with Crippen LogP contribution in [-0.4, -0.2) is 31.7 Å². The van der Waals surface area contributed by atoms with Crippen molar-refractivity contribution in [1.29, 1.82) is 0 Å². The lowest BCUT2D eigenvalue weighted by atomic mass is 9.73. The van der Waals surface area contributed by atoms with Gasteiger partial charge >= 0.3 is 6.09 Å². The van der Waals surface area contributed by atoms with Gasteiger partial charge in [-0.2, -0.15) is 15.0 Å². The molecule has 1 aliphatic carbocycles. The monoisotopic (exact) mass is 381 g/mol. The summed E-state index contributed by atoms with van der Waals surface area (Å²) in [7, 11) is 1.65. The van der Waals surface area contributed by atoms with Crippen LogP contribution in [0.25, 0.3) is 11.3 Å². The third-order valence-electron chi connectivity index (χ3n) is 4.22. The maximum Gasteiger partial charge on any atom is 0.408 e. The maximum absolute atomic E-state index is 14.5. The number of ether oxygens (including phenoxy) is 1. The molecule has 7 nitrogen and oxygen atoms in total. The maximum atomic E-state index is 14.5. The van der Waals surface area contributed by atoms with E-state index in [1.54, 1.807) is 27.8 Å². The summed E-state index contributed by atoms with van der Waals surface area (Å²) >= 11 is 5.81. The van der Waals surface area contributed by atoms with Gasteiger partial charge in [0.1, 0.15) is 17.0 Å². The summed E-state index contributed by atoms with van der Waals surface area (Å²) in [5, 5.41) is 11.4. The number of nitrogens with one attached hydrogen (secondary N) is 1. The van der Waals surface area contributed by atoms with Crippen LogP contribution in [0, 0.1) is 5.82 Å². The molecule has 0 atom stereocenters. The Balaban J connectivity index is 2.00. The number of carbonyl (C=O) groups is 1. The fourth-order valence-corrected chi connectivity index (χ4v) is 3.12. The van der Waals surface area contributed by atoms with Crippen LogP contribution in [0.1, 0.15) is 45.7 Å². The van der Waals surface area contributed by atoms with Gasteiger partial charge in [0.15, 0.2) is 11.0 Å². The molecule has 26 heavy (non-hydrogen) atoms. The number of hydrogen-bond donors (Lipinski definition) is 1. The number of pyridine rings is 1. The lowest BCUT2D eigenvalue weighted by Gasteiger charge is -2.41. The Bertz CT molecular complexity index is 842. The zero-order chi connectivity index (χ0) is 19.1. The predicted molar refractivity (Wildman–Crippen MR) is 94.1 cm³/mol. The van der Waals surface area contributed by atoms with Crippen molar-refractivity contribution in [1.82, 2.24) is 25.3 Å². The van der Waals surface area contributed by atoms with Crippen molar-refractivity contribution in [3.8, 4) is 11.3 Å². The average molecular weight is 382 g/mol. The second-order valence-electron chi connectivity index (χ2n) is 7.41. The fourth-order valence-electron chi connectivity index (χ4n) is 2.96. The first kappa shape index (κ1) is 18.6. The second kappa shape index (κ2) is 6.50. The lowest BCUT2D eigenvalue weighted by molar-refractivity contribution is 0.0371. The van der Waals surface area contributed by atoms with Crippen LogP contribution in [0.4, 0.5) is 9.18 Å². The van der Waals surface area contributed by atoms with Crippen molar-refractivity contribution in [3.05, 3.63) is 28.9 Å². The molecule has 9 heteroatoms. The largest absolute Gasteiger partial charge is 0.444 e. The van der Waals surface area contributed by atoms with Gasteiger partial charge in [-0.15, -0.1) is 0 Å². The Labute approximate surface area is 155 Å². The van der Waals surface area contributed by atoms with Crippen molar-refractivity contribution >= 4 is 17.7 Å². The van der Waals surface area contributed by atoms with E-state index in [9.17, 15) is 9.18 Å². The van der Waals surface area contributed by atoms with Crippen molar-refractivity contribution in [3.63, 3.8) is 0 Å². The van der Waals surface area contributed by atoms with Crippen LogP contribution in [0.3, 0.4) is 0 Å². The average Bonchev–Trinajstić information content (AvgIpc) is 2.86. The Morgan fingerprint density at radius 2 is 2.08 bits per heavy atom. The summed E-state index contributed by atoms with van der Waals surface area (Å²) in [4.78, 5) is 17.4. The highest BCUT2D eigenvalue weighted by Crippen LogP contribution is 2.44. The number of amides is 1. The molecule has 1 N–H and O–H groups in total. The predicted octanol–water partition coefficient (Wildman–Crippen LogP) is 3.57. The summed E-state index contributed by atoms with van der Waals surface area (Å²) in [6, 6.07) is 1.49. The number of hydrogen-bond acceptors (Lipinski definition) is 5. The Morgan fingerprint density at radius 1 is 1.38 bits per heavy atom. The Kier molecular flexibility index (Phi) is 4.64. The number of carbonyl (C=O) groups excluding carboxylic acids is 1. The van der Waals surface area contributed by atoms with E-state index < -0.39 is 23.1 Å². The molecule has 0 spiro atoms. The molecule has 2 aromatic heterocycles. The Hall–Kier alpha value is -2.22. The Morgan fingerprint density at radius 3 is 2.65 bits per heavy atom. The van der Waals surface area contributed by atoms with E-state index in [0.29, 0.717) is 24.2 Å². The molecule has 0 saturated heterocycles. The fraction of sp³-hybridized carbons (Fsp3) is 0.529. The van der Waals surface area contributed by atoms with E-state index >= 15 is 0 Å². The quantitative estimate of drug-likeness (QED) is 0.822. The summed E-state index contributed by atoms with van der Waals surface area (Å²) in [6.45, 7) is 5.38. The van der Waals surface area contributed by atoms with Gasteiger partial charge < -0.3 is 10.1 Å². The third kappa shape index (κ3) is 3.51. The van der Waals surface area contributed by atoms with Gasteiger partial charge in [0.25, 0.3) is 0 Å². The van der Waals surface area contributed by atoms with E-state index in [0.717, 1.165) is 6.42 Å². The molecule has 2 heterocycles. The minimum atomic E-state index is -0.742. The molecule has 140 valence electrons. The highest BCUT2D eigenvalue weighted by molar-refractivity contribution is 6.29. The van der Waals surface area contributed by atoms with E-state index in [4.69, 9.17) is 16.3 Å². The van der Waals surface area contributed by atoms with Gasteiger partial charge in [0.05, 0.1) is 5.54 Å². The molecule has 1 fully saturated rings. The normalized spacial score (nSPS) is 16.1. The molecular weight excluding hydrogens is 361 g/mol. The first-order valence-electron chi connectivity index (χ1n) is 8.35. The summed E-state index contributed by atoms with van der Waals surface area (Å²) in [6.07, 6.45) is 3.11. The minimum Gasteiger partial charge on any atom is -0.444 e. The summed E-state index contributed by atoms with van der Waals surface area (Å²) < 4.78 is 19.9. The molecule has 0 unspecified atom stereocenters. The van der Waals surface area contributed by atoms with Crippen LogP contribution in [0.15, 0.2) is 12.3 Å². The van der Waals surface area contributed by atoms with Crippen LogP contribution in [0.2, 0.25) is 5.15 Å². The number of aryl methyl sites for hydroxylation is 1. The zero-order valence-corrected chi connectivity index (χ0v) is 15.9. The van der Waals surface area contributed by atoms with Gasteiger partial charge in [0.2, 0.25) is 0 Å². The van der Waals surface area contributed by atoms with Gasteiger partial charge in [-0.1, -0.05) is 11.6 Å². The molecule has 0 aromatic carbocycles. The highest BCUT2D eigenvalue weighted by Gasteiger charge is 2.46. The summed E-state index contributed by atoms with van der Waals surface area (Å²) in [5.41, 5.74) is -0.326. The first-order valence-corrected chi connectivity index (χ1v) is 8.72. The molecular formula is C17H21ClFN5O2. The molecule has 2 aromatic rings. The molecule has 1 saturated carbocycles. The molecule has 0 bridgehead atoms. The smallest absolute Gasteiger partial charge is 0.408 e. The van der Waals surface area contributed by atoms with Crippen molar-refractivity contribution in [2.24, 2.45) is 7.05 Å². The molecule has 0 radical (unpaired) electrons. The van der Waals surface area contributed by atoms with E-state index in [-0.39, 0.29) is 10.7 Å². The molecule has 0 aliphatic heterocycles. The van der Waals surface area contributed by atoms with Crippen molar-refractivity contribution in [2.75, 3.05) is 0 Å². The van der Waals surface area contributed by atoms with Gasteiger partial charge in [0, 0.05) is 18.8 Å². The van der Waals surface area contributed by atoms with Crippen LogP contribution in [0.5, 0.6) is 0 Å². The highest BCUT2D eigenvalue weighted by atomic mass is 35.5. The first-order chi connectivity index (χ1) is 12.1. The topological polar surface area (TPSA) is 81.9 Å². The molecule has 3 rings (SSSR count). The third-order valence-corrected chi connectivity index (χ3v) is 4.48. The van der Waals surface area contributed by atoms with Crippen LogP contribution < -0.4 is 5.32 Å². The van der Waals surface area contributed by atoms with Crippen molar-refractivity contribution in [2.45, 2.75) is 51.2 Å². The minimum absolute atomic E-state index is 0.199. The number of aromatic nitrogens is 4. The lowest BCUT2D eigenvalue weighted by Crippen LogP contribution is -2.52. The van der Waals surface area contributed by atoms with Gasteiger partial charge in [-0.05, 0) is 46.1 Å². The molecule has 1 amide bonds. The summed E-state index contributed by atoms with van der Waals surface area (Å²) in [5.74, 6) is -0.664. The molecule has 1 aliphatic rings. The van der Waals surface area contributed by atoms with Gasteiger partial charge in [-0.25, -0.2) is 14.2 Å². The van der Waals surface area contributed by atoms with E-state index in [2.05, 4.69) is 20.5 Å². The van der Waals surface area contributed by atoms with Crippen LogP contribution >= 0.6 is 11.6 Å². The number of alkyl carbamates (subject to hydrolysis) is 1. The number of rotatable bonds is 3. The second-order valence-corrected chi connectivity index (χ2v) is 7.77. The SMILES string of the molecule is Cn1nc(-c2ccnc(Cl)c2F)c(C2(NC(=O)OC(C)(C)C)CCC2)n1. The number of halogens is 2.